The van der Waals surface area contributed by atoms with Gasteiger partial charge in [0.1, 0.15) is 0 Å². The molecule has 1 fully saturated rings. The number of amides is 2. The second-order valence-electron chi connectivity index (χ2n) is 6.50. The van der Waals surface area contributed by atoms with Gasteiger partial charge in [-0.05, 0) is 24.1 Å². The number of piperazine rings is 1. The van der Waals surface area contributed by atoms with E-state index in [0.29, 0.717) is 6.54 Å². The molecule has 2 aromatic rings. The molecule has 0 radical (unpaired) electrons. The summed E-state index contributed by atoms with van der Waals surface area (Å²) in [6.45, 7) is 6.67. The Morgan fingerprint density at radius 1 is 1.08 bits per heavy atom. The standard InChI is InChI=1S/C20H24ClN3O/c1-16-5-4-6-17(13-16)14-22-20(25)24-11-9-23(10-12-24)15-18-7-2-3-8-19(18)21/h2-8,13H,9-12,14-15H2,1H3,(H,22,25). The van der Waals surface area contributed by atoms with E-state index < -0.39 is 0 Å². The lowest BCUT2D eigenvalue weighted by Gasteiger charge is -2.34. The molecule has 3 rings (SSSR count). The third-order valence-electron chi connectivity index (χ3n) is 4.54. The predicted octanol–water partition coefficient (Wildman–Crippen LogP) is 3.68. The number of nitrogens with zero attached hydrogens (tertiary/aromatic N) is 2. The van der Waals surface area contributed by atoms with Crippen LogP contribution in [0.15, 0.2) is 48.5 Å². The first kappa shape index (κ1) is 17.8. The maximum atomic E-state index is 12.4. The van der Waals surface area contributed by atoms with Crippen LogP contribution in [-0.4, -0.2) is 42.0 Å². The zero-order valence-corrected chi connectivity index (χ0v) is 15.3. The molecule has 5 heteroatoms. The summed E-state index contributed by atoms with van der Waals surface area (Å²) in [7, 11) is 0. The number of rotatable bonds is 4. The molecular weight excluding hydrogens is 334 g/mol. The summed E-state index contributed by atoms with van der Waals surface area (Å²) >= 11 is 6.23. The number of hydrogen-bond donors (Lipinski definition) is 1. The van der Waals surface area contributed by atoms with Gasteiger partial charge in [-0.3, -0.25) is 4.90 Å². The summed E-state index contributed by atoms with van der Waals surface area (Å²) in [6.07, 6.45) is 0. The van der Waals surface area contributed by atoms with E-state index in [0.717, 1.165) is 48.9 Å². The van der Waals surface area contributed by atoms with Crippen LogP contribution in [0.2, 0.25) is 5.02 Å². The van der Waals surface area contributed by atoms with Crippen molar-refractivity contribution in [1.82, 2.24) is 15.1 Å². The highest BCUT2D eigenvalue weighted by molar-refractivity contribution is 6.31. The molecule has 0 atom stereocenters. The summed E-state index contributed by atoms with van der Waals surface area (Å²) in [5.41, 5.74) is 3.48. The quantitative estimate of drug-likeness (QED) is 0.906. The van der Waals surface area contributed by atoms with Crippen LogP contribution in [0.3, 0.4) is 0 Å². The first-order valence-electron chi connectivity index (χ1n) is 8.66. The number of benzene rings is 2. The Bertz CT molecular complexity index is 726. The van der Waals surface area contributed by atoms with Crippen LogP contribution in [0.1, 0.15) is 16.7 Å². The highest BCUT2D eigenvalue weighted by Gasteiger charge is 2.21. The van der Waals surface area contributed by atoms with Crippen LogP contribution in [0, 0.1) is 6.92 Å². The Balaban J connectivity index is 1.45. The van der Waals surface area contributed by atoms with Crippen LogP contribution in [0.25, 0.3) is 0 Å². The van der Waals surface area contributed by atoms with E-state index in [2.05, 4.69) is 35.3 Å². The second kappa shape index (κ2) is 8.37. The molecule has 1 saturated heterocycles. The molecule has 2 amide bonds. The maximum absolute atomic E-state index is 12.4. The Hall–Kier alpha value is -2.04. The topological polar surface area (TPSA) is 35.6 Å². The number of aryl methyl sites for hydroxylation is 1. The lowest BCUT2D eigenvalue weighted by molar-refractivity contribution is 0.135. The van der Waals surface area contributed by atoms with E-state index in [9.17, 15) is 4.79 Å². The predicted molar refractivity (Wildman–Crippen MR) is 102 cm³/mol. The van der Waals surface area contributed by atoms with E-state index in [1.165, 1.54) is 5.56 Å². The minimum atomic E-state index is 0.0129. The van der Waals surface area contributed by atoms with E-state index in [1.807, 2.05) is 35.2 Å². The van der Waals surface area contributed by atoms with E-state index in [4.69, 9.17) is 11.6 Å². The minimum absolute atomic E-state index is 0.0129. The highest BCUT2D eigenvalue weighted by atomic mass is 35.5. The van der Waals surface area contributed by atoms with Gasteiger partial charge in [-0.25, -0.2) is 4.79 Å². The Kier molecular flexibility index (Phi) is 5.95. The number of urea groups is 1. The van der Waals surface area contributed by atoms with E-state index in [1.54, 1.807) is 0 Å². The zero-order valence-electron chi connectivity index (χ0n) is 14.5. The average Bonchev–Trinajstić information content (AvgIpc) is 2.62. The van der Waals surface area contributed by atoms with Crippen LogP contribution < -0.4 is 5.32 Å². The molecule has 1 heterocycles. The normalized spacial score (nSPS) is 15.2. The Morgan fingerprint density at radius 2 is 1.84 bits per heavy atom. The smallest absolute Gasteiger partial charge is 0.317 e. The van der Waals surface area contributed by atoms with Crippen LogP contribution in [-0.2, 0) is 13.1 Å². The van der Waals surface area contributed by atoms with Crippen molar-refractivity contribution in [2.45, 2.75) is 20.0 Å². The minimum Gasteiger partial charge on any atom is -0.334 e. The summed E-state index contributed by atoms with van der Waals surface area (Å²) < 4.78 is 0. The summed E-state index contributed by atoms with van der Waals surface area (Å²) in [5, 5.41) is 3.82. The van der Waals surface area contributed by atoms with E-state index >= 15 is 0 Å². The molecule has 25 heavy (non-hydrogen) atoms. The molecule has 0 aliphatic carbocycles. The van der Waals surface area contributed by atoms with Crippen LogP contribution in [0.5, 0.6) is 0 Å². The molecular formula is C20H24ClN3O. The fraction of sp³-hybridized carbons (Fsp3) is 0.350. The molecule has 2 aromatic carbocycles. The first-order chi connectivity index (χ1) is 12.1. The van der Waals surface area contributed by atoms with Crippen molar-refractivity contribution in [2.24, 2.45) is 0 Å². The van der Waals surface area contributed by atoms with Crippen molar-refractivity contribution in [1.29, 1.82) is 0 Å². The zero-order chi connectivity index (χ0) is 17.6. The molecule has 0 aromatic heterocycles. The van der Waals surface area contributed by atoms with Gasteiger partial charge in [0.25, 0.3) is 0 Å². The van der Waals surface area contributed by atoms with Crippen molar-refractivity contribution in [3.05, 3.63) is 70.2 Å². The molecule has 0 unspecified atom stereocenters. The van der Waals surface area contributed by atoms with Gasteiger partial charge in [0.15, 0.2) is 0 Å². The van der Waals surface area contributed by atoms with Gasteiger partial charge in [-0.2, -0.15) is 0 Å². The van der Waals surface area contributed by atoms with Crippen molar-refractivity contribution in [2.75, 3.05) is 26.2 Å². The van der Waals surface area contributed by atoms with Crippen molar-refractivity contribution < 1.29 is 4.79 Å². The molecule has 1 aliphatic rings. The molecule has 0 spiro atoms. The number of carbonyl (C=O) groups is 1. The Morgan fingerprint density at radius 3 is 2.56 bits per heavy atom. The summed E-state index contributed by atoms with van der Waals surface area (Å²) in [6, 6.07) is 16.2. The monoisotopic (exact) mass is 357 g/mol. The van der Waals surface area contributed by atoms with Gasteiger partial charge in [0, 0.05) is 44.3 Å². The van der Waals surface area contributed by atoms with Gasteiger partial charge >= 0.3 is 6.03 Å². The molecule has 1 N–H and O–H groups in total. The third-order valence-corrected chi connectivity index (χ3v) is 4.91. The fourth-order valence-electron chi connectivity index (χ4n) is 3.09. The van der Waals surface area contributed by atoms with Crippen LogP contribution >= 0.6 is 11.6 Å². The Labute approximate surface area is 154 Å². The number of carbonyl (C=O) groups excluding carboxylic acids is 1. The van der Waals surface area contributed by atoms with Crippen molar-refractivity contribution >= 4 is 17.6 Å². The molecule has 4 nitrogen and oxygen atoms in total. The second-order valence-corrected chi connectivity index (χ2v) is 6.91. The molecule has 0 saturated carbocycles. The number of hydrogen-bond acceptors (Lipinski definition) is 2. The molecule has 0 bridgehead atoms. The largest absolute Gasteiger partial charge is 0.334 e. The van der Waals surface area contributed by atoms with Crippen molar-refractivity contribution in [3.63, 3.8) is 0 Å². The SMILES string of the molecule is Cc1cccc(CNC(=O)N2CCN(Cc3ccccc3Cl)CC2)c1. The molecule has 1 aliphatic heterocycles. The van der Waals surface area contributed by atoms with Crippen molar-refractivity contribution in [3.8, 4) is 0 Å². The van der Waals surface area contributed by atoms with Gasteiger partial charge in [-0.15, -0.1) is 0 Å². The molecule has 132 valence electrons. The van der Waals surface area contributed by atoms with E-state index in [-0.39, 0.29) is 6.03 Å². The maximum Gasteiger partial charge on any atom is 0.317 e. The van der Waals surface area contributed by atoms with Gasteiger partial charge in [-0.1, -0.05) is 59.6 Å². The summed E-state index contributed by atoms with van der Waals surface area (Å²) in [4.78, 5) is 16.6. The van der Waals surface area contributed by atoms with Gasteiger partial charge in [0.05, 0.1) is 0 Å². The average molecular weight is 358 g/mol. The van der Waals surface area contributed by atoms with Gasteiger partial charge in [0.2, 0.25) is 0 Å². The number of nitrogens with one attached hydrogen (secondary N) is 1. The lowest BCUT2D eigenvalue weighted by Crippen LogP contribution is -2.51. The highest BCUT2D eigenvalue weighted by Crippen LogP contribution is 2.18. The third kappa shape index (κ3) is 4.97. The number of halogens is 1. The summed E-state index contributed by atoms with van der Waals surface area (Å²) in [5.74, 6) is 0. The van der Waals surface area contributed by atoms with Crippen LogP contribution in [0.4, 0.5) is 4.79 Å². The lowest BCUT2D eigenvalue weighted by atomic mass is 10.1. The van der Waals surface area contributed by atoms with Gasteiger partial charge < -0.3 is 10.2 Å². The fourth-order valence-corrected chi connectivity index (χ4v) is 3.28. The first-order valence-corrected chi connectivity index (χ1v) is 9.04.